The average molecular weight is 271 g/mol. The summed E-state index contributed by atoms with van der Waals surface area (Å²) in [5.74, 6) is 0. The van der Waals surface area contributed by atoms with Gasteiger partial charge in [-0.1, -0.05) is 0 Å². The second-order valence-corrected chi connectivity index (χ2v) is 5.32. The lowest BCUT2D eigenvalue weighted by Gasteiger charge is -2.00. The predicted octanol–water partition coefficient (Wildman–Crippen LogP) is 2.57. The molecule has 0 atom stereocenters. The second-order valence-electron chi connectivity index (χ2n) is 2.77. The Morgan fingerprint density at radius 3 is 3.07 bits per heavy atom. The van der Waals surface area contributed by atoms with Gasteiger partial charge in [-0.15, -0.1) is 11.3 Å². The third kappa shape index (κ3) is 1.93. The molecule has 0 aliphatic heterocycles. The number of aromatic nitrogens is 2. The van der Waals surface area contributed by atoms with E-state index in [-0.39, 0.29) is 0 Å². The zero-order valence-corrected chi connectivity index (χ0v) is 9.59. The van der Waals surface area contributed by atoms with Gasteiger partial charge in [-0.3, -0.25) is 4.79 Å². The van der Waals surface area contributed by atoms with Crippen LogP contribution >= 0.6 is 27.3 Å². The standard InChI is InChI=1S/C9H7BrN2OS/c10-9-2-1-8(14-9)4-12-6-11-3-7(12)5-13/h1-3,5-6H,4H2. The molecule has 14 heavy (non-hydrogen) atoms. The van der Waals surface area contributed by atoms with Crippen molar-refractivity contribution in [3.8, 4) is 0 Å². The van der Waals surface area contributed by atoms with Crippen LogP contribution < -0.4 is 0 Å². The first-order chi connectivity index (χ1) is 6.79. The lowest BCUT2D eigenvalue weighted by atomic mass is 10.4. The van der Waals surface area contributed by atoms with Crippen molar-refractivity contribution in [1.29, 1.82) is 0 Å². The van der Waals surface area contributed by atoms with Crippen molar-refractivity contribution in [2.24, 2.45) is 0 Å². The quantitative estimate of drug-likeness (QED) is 0.804. The third-order valence-corrected chi connectivity index (χ3v) is 3.43. The Labute approximate surface area is 93.5 Å². The van der Waals surface area contributed by atoms with E-state index in [1.54, 1.807) is 23.9 Å². The Morgan fingerprint density at radius 2 is 2.43 bits per heavy atom. The van der Waals surface area contributed by atoms with E-state index in [4.69, 9.17) is 0 Å². The Morgan fingerprint density at radius 1 is 1.57 bits per heavy atom. The van der Waals surface area contributed by atoms with E-state index in [1.165, 1.54) is 4.88 Å². The van der Waals surface area contributed by atoms with Gasteiger partial charge in [0.1, 0.15) is 5.69 Å². The summed E-state index contributed by atoms with van der Waals surface area (Å²) < 4.78 is 2.92. The summed E-state index contributed by atoms with van der Waals surface area (Å²) in [6, 6.07) is 4.03. The van der Waals surface area contributed by atoms with Crippen LogP contribution in [0.5, 0.6) is 0 Å². The number of thiophene rings is 1. The number of halogens is 1. The van der Waals surface area contributed by atoms with Gasteiger partial charge in [0.2, 0.25) is 0 Å². The van der Waals surface area contributed by atoms with E-state index in [0.717, 1.165) is 10.1 Å². The summed E-state index contributed by atoms with van der Waals surface area (Å²) >= 11 is 5.05. The van der Waals surface area contributed by atoms with Crippen LogP contribution in [0.1, 0.15) is 15.4 Å². The molecule has 0 N–H and O–H groups in total. The van der Waals surface area contributed by atoms with Crippen LogP contribution in [0.15, 0.2) is 28.4 Å². The van der Waals surface area contributed by atoms with Crippen LogP contribution in [0.2, 0.25) is 0 Å². The maximum absolute atomic E-state index is 10.6. The summed E-state index contributed by atoms with van der Waals surface area (Å²) in [7, 11) is 0. The minimum atomic E-state index is 0.606. The number of rotatable bonds is 3. The molecule has 0 aliphatic rings. The summed E-state index contributed by atoms with van der Waals surface area (Å²) in [6.45, 7) is 0.699. The van der Waals surface area contributed by atoms with E-state index in [0.29, 0.717) is 12.2 Å². The molecule has 2 rings (SSSR count). The van der Waals surface area contributed by atoms with E-state index in [9.17, 15) is 4.79 Å². The number of hydrogen-bond acceptors (Lipinski definition) is 3. The monoisotopic (exact) mass is 270 g/mol. The van der Waals surface area contributed by atoms with Crippen LogP contribution in [0, 0.1) is 0 Å². The van der Waals surface area contributed by atoms with Gasteiger partial charge in [-0.05, 0) is 28.1 Å². The van der Waals surface area contributed by atoms with Crippen LogP contribution in [-0.4, -0.2) is 15.8 Å². The molecule has 0 bridgehead atoms. The molecule has 2 heterocycles. The minimum Gasteiger partial charge on any atom is -0.323 e. The average Bonchev–Trinajstić information content (AvgIpc) is 2.76. The number of imidazole rings is 1. The van der Waals surface area contributed by atoms with Gasteiger partial charge in [-0.2, -0.15) is 0 Å². The lowest BCUT2D eigenvalue weighted by Crippen LogP contribution is -2.00. The molecule has 5 heteroatoms. The molecule has 0 spiro atoms. The summed E-state index contributed by atoms with van der Waals surface area (Å²) in [5.41, 5.74) is 0.606. The predicted molar refractivity (Wildman–Crippen MR) is 58.7 cm³/mol. The van der Waals surface area contributed by atoms with E-state index < -0.39 is 0 Å². The molecule has 0 saturated carbocycles. The largest absolute Gasteiger partial charge is 0.323 e. The Kier molecular flexibility index (Phi) is 2.79. The third-order valence-electron chi connectivity index (χ3n) is 1.82. The molecular weight excluding hydrogens is 264 g/mol. The Hall–Kier alpha value is -0.940. The first kappa shape index (κ1) is 9.61. The van der Waals surface area contributed by atoms with Gasteiger partial charge in [0.25, 0.3) is 0 Å². The van der Waals surface area contributed by atoms with Crippen molar-refractivity contribution < 1.29 is 4.79 Å². The zero-order valence-electron chi connectivity index (χ0n) is 7.18. The molecule has 0 amide bonds. The maximum Gasteiger partial charge on any atom is 0.168 e. The van der Waals surface area contributed by atoms with Crippen LogP contribution in [0.25, 0.3) is 0 Å². The fourth-order valence-corrected chi connectivity index (χ4v) is 2.65. The fourth-order valence-electron chi connectivity index (χ4n) is 1.17. The van der Waals surface area contributed by atoms with E-state index in [1.807, 2.05) is 16.7 Å². The van der Waals surface area contributed by atoms with Crippen molar-refractivity contribution in [2.45, 2.75) is 6.54 Å². The van der Waals surface area contributed by atoms with Gasteiger partial charge < -0.3 is 4.57 Å². The van der Waals surface area contributed by atoms with E-state index >= 15 is 0 Å². The Balaban J connectivity index is 2.22. The lowest BCUT2D eigenvalue weighted by molar-refractivity contribution is 0.111. The summed E-state index contributed by atoms with van der Waals surface area (Å²) in [4.78, 5) is 15.7. The molecule has 3 nitrogen and oxygen atoms in total. The molecular formula is C9H7BrN2OS. The normalized spacial score (nSPS) is 10.4. The number of hydrogen-bond donors (Lipinski definition) is 0. The van der Waals surface area contributed by atoms with Gasteiger partial charge in [0.15, 0.2) is 6.29 Å². The fraction of sp³-hybridized carbons (Fsp3) is 0.111. The number of carbonyl (C=O) groups excluding carboxylic acids is 1. The van der Waals surface area contributed by atoms with Crippen LogP contribution in [0.4, 0.5) is 0 Å². The molecule has 0 unspecified atom stereocenters. The first-order valence-corrected chi connectivity index (χ1v) is 5.60. The van der Waals surface area contributed by atoms with Gasteiger partial charge >= 0.3 is 0 Å². The molecule has 72 valence electrons. The van der Waals surface area contributed by atoms with E-state index in [2.05, 4.69) is 20.9 Å². The maximum atomic E-state index is 10.6. The number of carbonyl (C=O) groups is 1. The zero-order chi connectivity index (χ0) is 9.97. The number of aldehydes is 1. The summed E-state index contributed by atoms with van der Waals surface area (Å²) in [6.07, 6.45) is 4.04. The highest BCUT2D eigenvalue weighted by Crippen LogP contribution is 2.22. The highest BCUT2D eigenvalue weighted by molar-refractivity contribution is 9.11. The van der Waals surface area contributed by atoms with Gasteiger partial charge in [0.05, 0.1) is 22.9 Å². The molecule has 2 aromatic heterocycles. The molecule has 0 fully saturated rings. The van der Waals surface area contributed by atoms with Gasteiger partial charge in [-0.25, -0.2) is 4.98 Å². The minimum absolute atomic E-state index is 0.606. The van der Waals surface area contributed by atoms with Crippen LogP contribution in [-0.2, 0) is 6.54 Å². The number of nitrogens with zero attached hydrogens (tertiary/aromatic N) is 2. The molecule has 0 aromatic carbocycles. The first-order valence-electron chi connectivity index (χ1n) is 3.99. The SMILES string of the molecule is O=Cc1cncn1Cc1ccc(Br)s1. The molecule has 0 radical (unpaired) electrons. The van der Waals surface area contributed by atoms with Gasteiger partial charge in [0, 0.05) is 4.88 Å². The molecule has 0 saturated heterocycles. The topological polar surface area (TPSA) is 34.9 Å². The smallest absolute Gasteiger partial charge is 0.168 e. The second kappa shape index (κ2) is 4.06. The van der Waals surface area contributed by atoms with Crippen molar-refractivity contribution in [2.75, 3.05) is 0 Å². The van der Waals surface area contributed by atoms with Crippen molar-refractivity contribution in [1.82, 2.24) is 9.55 Å². The Bertz CT molecular complexity index is 449. The summed E-state index contributed by atoms with van der Waals surface area (Å²) in [5, 5.41) is 0. The molecule has 0 aliphatic carbocycles. The van der Waals surface area contributed by atoms with Crippen molar-refractivity contribution in [3.05, 3.63) is 39.0 Å². The molecule has 2 aromatic rings. The van der Waals surface area contributed by atoms with Crippen molar-refractivity contribution >= 4 is 33.6 Å². The highest BCUT2D eigenvalue weighted by atomic mass is 79.9. The highest BCUT2D eigenvalue weighted by Gasteiger charge is 2.03. The van der Waals surface area contributed by atoms with Crippen molar-refractivity contribution in [3.63, 3.8) is 0 Å². The van der Waals surface area contributed by atoms with Crippen LogP contribution in [0.3, 0.4) is 0 Å².